The minimum absolute atomic E-state index is 0.315. The highest BCUT2D eigenvalue weighted by Crippen LogP contribution is 2.34. The summed E-state index contributed by atoms with van der Waals surface area (Å²) in [6.07, 6.45) is 1.68. The van der Waals surface area contributed by atoms with Crippen LogP contribution in [0.2, 0.25) is 0 Å². The molecule has 1 aromatic carbocycles. The van der Waals surface area contributed by atoms with E-state index in [1.54, 1.807) is 24.4 Å². The molecule has 0 unspecified atom stereocenters. The van der Waals surface area contributed by atoms with E-state index in [1.807, 2.05) is 12.1 Å². The molecule has 1 aliphatic rings. The summed E-state index contributed by atoms with van der Waals surface area (Å²) in [6.45, 7) is 2.63. The Labute approximate surface area is 181 Å². The van der Waals surface area contributed by atoms with E-state index in [0.717, 1.165) is 5.39 Å². The maximum absolute atomic E-state index is 13.6. The molecule has 32 heavy (non-hydrogen) atoms. The fraction of sp³-hybridized carbons (Fsp3) is 0.182. The average molecular weight is 431 g/mol. The summed E-state index contributed by atoms with van der Waals surface area (Å²) < 4.78 is 25.1. The zero-order chi connectivity index (χ0) is 21.5. The highest BCUT2D eigenvalue weighted by atomic mass is 19.1. The Hall–Kier alpha value is -4.05. The van der Waals surface area contributed by atoms with Crippen LogP contribution in [0.5, 0.6) is 0 Å². The normalized spacial score (nSPS) is 14.3. The fourth-order valence-electron chi connectivity index (χ4n) is 3.81. The molecule has 5 aromatic rings. The van der Waals surface area contributed by atoms with Crippen LogP contribution in [-0.2, 0) is 4.74 Å². The van der Waals surface area contributed by atoms with Crippen molar-refractivity contribution < 1.29 is 13.5 Å². The Morgan fingerprint density at radius 1 is 1.06 bits per heavy atom. The second-order valence-electron chi connectivity index (χ2n) is 7.41. The van der Waals surface area contributed by atoms with Gasteiger partial charge in [-0.2, -0.15) is 10.1 Å². The predicted molar refractivity (Wildman–Crippen MR) is 117 cm³/mol. The molecule has 1 saturated heterocycles. The number of H-pyrrole nitrogens is 1. The quantitative estimate of drug-likeness (QED) is 0.442. The Bertz CT molecular complexity index is 1420. The smallest absolute Gasteiger partial charge is 0.231 e. The first-order valence-corrected chi connectivity index (χ1v) is 10.2. The second-order valence-corrected chi connectivity index (χ2v) is 7.41. The van der Waals surface area contributed by atoms with E-state index in [9.17, 15) is 4.39 Å². The molecule has 4 aromatic heterocycles. The van der Waals surface area contributed by atoms with E-state index < -0.39 is 0 Å². The Kier molecular flexibility index (Phi) is 4.43. The molecule has 0 bridgehead atoms. The van der Waals surface area contributed by atoms with Crippen molar-refractivity contribution in [3.63, 3.8) is 0 Å². The lowest BCUT2D eigenvalue weighted by Crippen LogP contribution is -2.37. The van der Waals surface area contributed by atoms with Crippen LogP contribution in [0.15, 0.2) is 53.1 Å². The molecule has 0 spiro atoms. The number of rotatable bonds is 4. The lowest BCUT2D eigenvalue weighted by Gasteiger charge is -2.27. The monoisotopic (exact) mass is 431 g/mol. The number of anilines is 3. The van der Waals surface area contributed by atoms with Crippen LogP contribution in [0.25, 0.3) is 33.5 Å². The molecule has 2 N–H and O–H groups in total. The number of nitrogens with zero attached hydrogens (tertiary/aromatic N) is 5. The molecule has 6 rings (SSSR count). The van der Waals surface area contributed by atoms with Gasteiger partial charge in [0.2, 0.25) is 11.7 Å². The van der Waals surface area contributed by atoms with Crippen molar-refractivity contribution in [2.75, 3.05) is 36.5 Å². The van der Waals surface area contributed by atoms with Gasteiger partial charge in [0.15, 0.2) is 11.4 Å². The maximum Gasteiger partial charge on any atom is 0.231 e. The molecule has 160 valence electrons. The number of fused-ring (bicyclic) bond motifs is 3. The largest absolute Gasteiger partial charge is 0.432 e. The molecule has 5 heterocycles. The molecule has 1 aliphatic heterocycles. The van der Waals surface area contributed by atoms with Gasteiger partial charge in [0, 0.05) is 30.9 Å². The number of furan rings is 1. The molecule has 0 radical (unpaired) electrons. The van der Waals surface area contributed by atoms with Gasteiger partial charge >= 0.3 is 0 Å². The van der Waals surface area contributed by atoms with Crippen LogP contribution >= 0.6 is 0 Å². The van der Waals surface area contributed by atoms with Gasteiger partial charge in [0.05, 0.1) is 24.3 Å². The fourth-order valence-corrected chi connectivity index (χ4v) is 3.81. The summed E-state index contributed by atoms with van der Waals surface area (Å²) in [5, 5.41) is 11.2. The van der Waals surface area contributed by atoms with Crippen molar-refractivity contribution in [2.24, 2.45) is 0 Å². The molecule has 9 nitrogen and oxygen atoms in total. The summed E-state index contributed by atoms with van der Waals surface area (Å²) in [6, 6.07) is 11.8. The topological polar surface area (TPSA) is 105 Å². The third-order valence-corrected chi connectivity index (χ3v) is 5.33. The lowest BCUT2D eigenvalue weighted by molar-refractivity contribution is 0.122. The van der Waals surface area contributed by atoms with E-state index in [4.69, 9.17) is 14.1 Å². The van der Waals surface area contributed by atoms with Crippen molar-refractivity contribution in [2.45, 2.75) is 0 Å². The summed E-state index contributed by atoms with van der Waals surface area (Å²) in [7, 11) is 0. The molecular formula is C22H18FN7O2. The number of hydrogen-bond donors (Lipinski definition) is 2. The summed E-state index contributed by atoms with van der Waals surface area (Å²) >= 11 is 0. The number of halogens is 1. The maximum atomic E-state index is 13.6. The van der Waals surface area contributed by atoms with Crippen molar-refractivity contribution in [3.8, 4) is 11.3 Å². The first-order valence-electron chi connectivity index (χ1n) is 10.2. The van der Waals surface area contributed by atoms with Crippen LogP contribution in [0.1, 0.15) is 0 Å². The third-order valence-electron chi connectivity index (χ3n) is 5.33. The first kappa shape index (κ1) is 18.7. The Balaban J connectivity index is 1.41. The van der Waals surface area contributed by atoms with Crippen LogP contribution in [0, 0.1) is 5.82 Å². The van der Waals surface area contributed by atoms with E-state index >= 15 is 0 Å². The third kappa shape index (κ3) is 3.30. The van der Waals surface area contributed by atoms with Gasteiger partial charge in [-0.1, -0.05) is 12.1 Å². The molecular weight excluding hydrogens is 413 g/mol. The number of pyridine rings is 1. The van der Waals surface area contributed by atoms with E-state index in [0.29, 0.717) is 72.0 Å². The van der Waals surface area contributed by atoms with Crippen LogP contribution in [0.4, 0.5) is 22.0 Å². The lowest BCUT2D eigenvalue weighted by atomic mass is 10.1. The number of benzene rings is 1. The van der Waals surface area contributed by atoms with Crippen molar-refractivity contribution in [1.82, 2.24) is 25.1 Å². The minimum atomic E-state index is -0.315. The number of ether oxygens (including phenoxy) is 1. The van der Waals surface area contributed by atoms with Gasteiger partial charge in [0.25, 0.3) is 0 Å². The van der Waals surface area contributed by atoms with Gasteiger partial charge in [-0.15, -0.1) is 0 Å². The van der Waals surface area contributed by atoms with Gasteiger partial charge in [-0.25, -0.2) is 14.4 Å². The first-order chi connectivity index (χ1) is 15.7. The SMILES string of the molecule is Fc1cccc(-c2cc(Nc3nc(N4CCOCC4)c4oc5ncccc5c4n3)[nH]n2)c1. The highest BCUT2D eigenvalue weighted by Gasteiger charge is 2.22. The number of aromatic amines is 1. The minimum Gasteiger partial charge on any atom is -0.432 e. The average Bonchev–Trinajstić information content (AvgIpc) is 3.44. The summed E-state index contributed by atoms with van der Waals surface area (Å²) in [4.78, 5) is 15.9. The van der Waals surface area contributed by atoms with Crippen molar-refractivity contribution in [1.29, 1.82) is 0 Å². The van der Waals surface area contributed by atoms with E-state index in [2.05, 4.69) is 30.4 Å². The van der Waals surface area contributed by atoms with Crippen molar-refractivity contribution in [3.05, 3.63) is 54.5 Å². The Morgan fingerprint density at radius 2 is 1.97 bits per heavy atom. The molecule has 0 atom stereocenters. The highest BCUT2D eigenvalue weighted by molar-refractivity contribution is 6.05. The molecule has 0 saturated carbocycles. The van der Waals surface area contributed by atoms with E-state index in [-0.39, 0.29) is 5.82 Å². The van der Waals surface area contributed by atoms with Crippen molar-refractivity contribution >= 4 is 39.8 Å². The zero-order valence-corrected chi connectivity index (χ0v) is 16.9. The standard InChI is InChI=1S/C22H18FN7O2/c23-14-4-1-3-13(11-14)16-12-17(29-28-16)25-22-26-18-15-5-2-6-24-21(15)32-19(18)20(27-22)30-7-9-31-10-8-30/h1-6,11-12H,7-10H2,(H2,25,26,27,28,29). The van der Waals surface area contributed by atoms with Crippen LogP contribution < -0.4 is 10.2 Å². The summed E-state index contributed by atoms with van der Waals surface area (Å²) in [5.41, 5.74) is 3.07. The van der Waals surface area contributed by atoms with Crippen LogP contribution in [-0.4, -0.2) is 51.5 Å². The molecule has 0 amide bonds. The number of morpholine rings is 1. The van der Waals surface area contributed by atoms with Crippen LogP contribution in [0.3, 0.4) is 0 Å². The second kappa shape index (κ2) is 7.57. The number of aromatic nitrogens is 5. The molecule has 1 fully saturated rings. The number of hydrogen-bond acceptors (Lipinski definition) is 8. The van der Waals surface area contributed by atoms with E-state index in [1.165, 1.54) is 12.1 Å². The van der Waals surface area contributed by atoms with Gasteiger partial charge in [-0.3, -0.25) is 5.10 Å². The predicted octanol–water partition coefficient (Wildman–Crippen LogP) is 3.88. The summed E-state index contributed by atoms with van der Waals surface area (Å²) in [5.74, 6) is 1.34. The Morgan fingerprint density at radius 3 is 2.84 bits per heavy atom. The zero-order valence-electron chi connectivity index (χ0n) is 16.9. The van der Waals surface area contributed by atoms with Gasteiger partial charge < -0.3 is 19.4 Å². The van der Waals surface area contributed by atoms with Gasteiger partial charge in [0.1, 0.15) is 17.2 Å². The molecule has 10 heteroatoms. The molecule has 0 aliphatic carbocycles. The number of nitrogens with one attached hydrogen (secondary N) is 2. The van der Waals surface area contributed by atoms with Gasteiger partial charge in [-0.05, 0) is 24.3 Å².